The molecule has 3 heterocycles. The number of halogens is 1. The van der Waals surface area contributed by atoms with Gasteiger partial charge in [-0.25, -0.2) is 4.39 Å². The van der Waals surface area contributed by atoms with Gasteiger partial charge in [-0.15, -0.1) is 0 Å². The summed E-state index contributed by atoms with van der Waals surface area (Å²) in [6.45, 7) is 0.337. The maximum absolute atomic E-state index is 13.9. The first-order valence-electron chi connectivity index (χ1n) is 10.6. The van der Waals surface area contributed by atoms with Crippen LogP contribution in [0.25, 0.3) is 11.0 Å². The number of methoxy groups -OCH3 is 1. The Morgan fingerprint density at radius 2 is 1.79 bits per heavy atom. The zero-order valence-corrected chi connectivity index (χ0v) is 18.0. The Hall–Kier alpha value is -4.33. The zero-order chi connectivity index (χ0) is 23.4. The molecule has 6 rings (SSSR count). The molecule has 170 valence electrons. The molecule has 0 N–H and O–H groups in total. The molecule has 0 fully saturated rings. The molecule has 2 aliphatic heterocycles. The molecule has 4 aromatic rings. The van der Waals surface area contributed by atoms with Crippen molar-refractivity contribution in [2.75, 3.05) is 13.9 Å². The second kappa shape index (κ2) is 7.62. The minimum absolute atomic E-state index is 0.0364. The Labute approximate surface area is 192 Å². The molecule has 1 atom stereocenters. The van der Waals surface area contributed by atoms with E-state index in [1.807, 2.05) is 12.1 Å². The molecule has 3 aromatic carbocycles. The lowest BCUT2D eigenvalue weighted by atomic mass is 9.98. The van der Waals surface area contributed by atoms with E-state index in [2.05, 4.69) is 0 Å². The summed E-state index contributed by atoms with van der Waals surface area (Å²) in [5, 5.41) is 0.0926. The minimum atomic E-state index is -0.720. The summed E-state index contributed by atoms with van der Waals surface area (Å²) in [5.41, 5.74) is 1.42. The van der Waals surface area contributed by atoms with Crippen LogP contribution in [0.2, 0.25) is 0 Å². The minimum Gasteiger partial charge on any atom is -0.497 e. The highest BCUT2D eigenvalue weighted by molar-refractivity contribution is 5.99. The molecule has 0 radical (unpaired) electrons. The van der Waals surface area contributed by atoms with Crippen molar-refractivity contribution in [1.29, 1.82) is 0 Å². The number of hydrogen-bond acceptors (Lipinski definition) is 6. The number of carbonyl (C=O) groups excluding carboxylic acids is 1. The van der Waals surface area contributed by atoms with Crippen molar-refractivity contribution in [3.8, 4) is 17.2 Å². The van der Waals surface area contributed by atoms with Gasteiger partial charge in [0, 0.05) is 6.54 Å². The fourth-order valence-corrected chi connectivity index (χ4v) is 4.52. The predicted molar refractivity (Wildman–Crippen MR) is 120 cm³/mol. The van der Waals surface area contributed by atoms with Crippen LogP contribution >= 0.6 is 0 Å². The Kier molecular flexibility index (Phi) is 4.55. The van der Waals surface area contributed by atoms with Gasteiger partial charge in [-0.1, -0.05) is 18.2 Å². The van der Waals surface area contributed by atoms with Crippen molar-refractivity contribution >= 4 is 16.9 Å². The van der Waals surface area contributed by atoms with Crippen LogP contribution in [0, 0.1) is 5.82 Å². The molecule has 1 amide bonds. The molecule has 2 aliphatic rings. The van der Waals surface area contributed by atoms with E-state index >= 15 is 0 Å². The molecule has 0 aliphatic carbocycles. The largest absolute Gasteiger partial charge is 0.497 e. The highest BCUT2D eigenvalue weighted by Crippen LogP contribution is 2.40. The lowest BCUT2D eigenvalue weighted by molar-refractivity contribution is 0.0714. The summed E-state index contributed by atoms with van der Waals surface area (Å²) in [7, 11) is 1.56. The van der Waals surface area contributed by atoms with Crippen molar-refractivity contribution in [2.45, 2.75) is 12.6 Å². The molecule has 0 bridgehead atoms. The number of rotatable bonds is 4. The SMILES string of the molecule is COc1ccc(C2c3c(oc4ccc(F)cc4c3=O)C(=O)N2Cc2ccc3c(c2)OCO3)cc1. The van der Waals surface area contributed by atoms with Crippen LogP contribution in [-0.2, 0) is 6.54 Å². The number of benzene rings is 3. The third-order valence-corrected chi connectivity index (χ3v) is 6.15. The van der Waals surface area contributed by atoms with Crippen LogP contribution in [-0.4, -0.2) is 24.7 Å². The normalized spacial score (nSPS) is 16.2. The van der Waals surface area contributed by atoms with Gasteiger partial charge in [0.25, 0.3) is 5.91 Å². The van der Waals surface area contributed by atoms with Gasteiger partial charge in [0.15, 0.2) is 16.9 Å². The molecule has 7 nitrogen and oxygen atoms in total. The second-order valence-corrected chi connectivity index (χ2v) is 8.11. The third-order valence-electron chi connectivity index (χ3n) is 6.15. The number of ether oxygens (including phenoxy) is 3. The lowest BCUT2D eigenvalue weighted by Crippen LogP contribution is -2.29. The van der Waals surface area contributed by atoms with Crippen molar-refractivity contribution in [3.63, 3.8) is 0 Å². The molecule has 34 heavy (non-hydrogen) atoms. The Morgan fingerprint density at radius 3 is 2.59 bits per heavy atom. The van der Waals surface area contributed by atoms with E-state index in [4.69, 9.17) is 18.6 Å². The molecular weight excluding hydrogens is 441 g/mol. The molecular formula is C26H18FNO6. The maximum atomic E-state index is 13.9. The van der Waals surface area contributed by atoms with E-state index in [9.17, 15) is 14.0 Å². The summed E-state index contributed by atoms with van der Waals surface area (Å²) in [6, 6.07) is 15.5. The first kappa shape index (κ1) is 20.3. The fraction of sp³-hybridized carbons (Fsp3) is 0.154. The van der Waals surface area contributed by atoms with Gasteiger partial charge >= 0.3 is 0 Å². The molecule has 8 heteroatoms. The summed E-state index contributed by atoms with van der Waals surface area (Å²) < 4.78 is 35.9. The van der Waals surface area contributed by atoms with Crippen LogP contribution in [0.1, 0.15) is 33.3 Å². The molecule has 1 unspecified atom stereocenters. The average molecular weight is 459 g/mol. The fourth-order valence-electron chi connectivity index (χ4n) is 4.52. The second-order valence-electron chi connectivity index (χ2n) is 8.11. The van der Waals surface area contributed by atoms with Crippen molar-refractivity contribution in [3.05, 3.63) is 99.2 Å². The summed E-state index contributed by atoms with van der Waals surface area (Å²) in [5.74, 6) is 0.864. The van der Waals surface area contributed by atoms with E-state index < -0.39 is 23.2 Å². The topological polar surface area (TPSA) is 78.2 Å². The Bertz CT molecular complexity index is 1510. The van der Waals surface area contributed by atoms with Crippen molar-refractivity contribution < 1.29 is 27.8 Å². The van der Waals surface area contributed by atoms with Gasteiger partial charge in [0.1, 0.15) is 17.1 Å². The van der Waals surface area contributed by atoms with Crippen LogP contribution in [0.3, 0.4) is 0 Å². The van der Waals surface area contributed by atoms with Gasteiger partial charge in [-0.2, -0.15) is 0 Å². The van der Waals surface area contributed by atoms with Gasteiger partial charge in [0.2, 0.25) is 12.6 Å². The number of nitrogens with zero attached hydrogens (tertiary/aromatic N) is 1. The average Bonchev–Trinajstić information content (AvgIpc) is 3.43. The van der Waals surface area contributed by atoms with Crippen molar-refractivity contribution in [2.24, 2.45) is 0 Å². The van der Waals surface area contributed by atoms with Gasteiger partial charge < -0.3 is 23.5 Å². The van der Waals surface area contributed by atoms with E-state index in [-0.39, 0.29) is 35.6 Å². The molecule has 1 aromatic heterocycles. The smallest absolute Gasteiger partial charge is 0.291 e. The zero-order valence-electron chi connectivity index (χ0n) is 18.0. The summed E-state index contributed by atoms with van der Waals surface area (Å²) in [4.78, 5) is 28.6. The molecule has 0 saturated heterocycles. The maximum Gasteiger partial charge on any atom is 0.291 e. The van der Waals surface area contributed by atoms with E-state index in [1.165, 1.54) is 12.1 Å². The number of hydrogen-bond donors (Lipinski definition) is 0. The van der Waals surface area contributed by atoms with Crippen LogP contribution < -0.4 is 19.6 Å². The van der Waals surface area contributed by atoms with E-state index in [1.54, 1.807) is 42.3 Å². The summed E-state index contributed by atoms with van der Waals surface area (Å²) >= 11 is 0. The quantitative estimate of drug-likeness (QED) is 0.450. The van der Waals surface area contributed by atoms with Crippen LogP contribution in [0.4, 0.5) is 4.39 Å². The number of amides is 1. The standard InChI is InChI=1S/C26H18FNO6/c1-31-17-6-3-15(4-7-17)23-22-24(29)18-11-16(27)5-9-19(18)34-25(22)26(30)28(23)12-14-2-8-20-21(10-14)33-13-32-20/h2-11,23H,12-13H2,1H3. The van der Waals surface area contributed by atoms with E-state index in [0.29, 0.717) is 22.8 Å². The lowest BCUT2D eigenvalue weighted by Gasteiger charge is -2.25. The van der Waals surface area contributed by atoms with Gasteiger partial charge in [-0.05, 0) is 53.6 Å². The first-order valence-corrected chi connectivity index (χ1v) is 10.6. The molecule has 0 spiro atoms. The van der Waals surface area contributed by atoms with Gasteiger partial charge in [0.05, 0.1) is 24.1 Å². The highest BCUT2D eigenvalue weighted by Gasteiger charge is 2.42. The first-order chi connectivity index (χ1) is 16.5. The summed E-state index contributed by atoms with van der Waals surface area (Å²) in [6.07, 6.45) is 0. The third kappa shape index (κ3) is 3.10. The Balaban J connectivity index is 1.51. The Morgan fingerprint density at radius 1 is 1.00 bits per heavy atom. The van der Waals surface area contributed by atoms with Crippen LogP contribution in [0.5, 0.6) is 17.2 Å². The van der Waals surface area contributed by atoms with Gasteiger partial charge in [-0.3, -0.25) is 9.59 Å². The van der Waals surface area contributed by atoms with Crippen molar-refractivity contribution in [1.82, 2.24) is 4.90 Å². The number of fused-ring (bicyclic) bond motifs is 3. The van der Waals surface area contributed by atoms with E-state index in [0.717, 1.165) is 11.6 Å². The monoisotopic (exact) mass is 459 g/mol. The molecule has 0 saturated carbocycles. The van der Waals surface area contributed by atoms with Crippen LogP contribution in [0.15, 0.2) is 69.9 Å². The predicted octanol–water partition coefficient (Wildman–Crippen LogP) is 4.41. The number of carbonyl (C=O) groups is 1. The highest BCUT2D eigenvalue weighted by atomic mass is 19.1.